The van der Waals surface area contributed by atoms with Crippen LogP contribution in [0.4, 0.5) is 0 Å². The molecule has 0 radical (unpaired) electrons. The summed E-state index contributed by atoms with van der Waals surface area (Å²) in [5, 5.41) is 0. The van der Waals surface area contributed by atoms with Crippen LogP contribution in [0.15, 0.2) is 0 Å². The van der Waals surface area contributed by atoms with Gasteiger partial charge in [-0.1, -0.05) is 78.3 Å². The van der Waals surface area contributed by atoms with Crippen molar-refractivity contribution in [2.75, 3.05) is 13.1 Å². The average molecular weight is 256 g/mol. The van der Waals surface area contributed by atoms with E-state index in [0.29, 0.717) is 0 Å². The lowest BCUT2D eigenvalue weighted by Crippen LogP contribution is -2.28. The minimum absolute atomic E-state index is 0.719. The molecule has 0 aliphatic rings. The maximum absolute atomic E-state index is 5.06. The van der Waals surface area contributed by atoms with Crippen molar-refractivity contribution in [3.05, 3.63) is 0 Å². The standard InChI is InChI=1S/C12H27B.C3H10N2/c1-7-10(4)13(11(5)8-2)12(6)9-3;4-2-1-3-5/h10-12H,7-9H2,1-6H3;1-5H2. The summed E-state index contributed by atoms with van der Waals surface area (Å²) in [5.74, 6) is 2.68. The number of nitrogens with two attached hydrogens (primary N) is 2. The van der Waals surface area contributed by atoms with E-state index in [4.69, 9.17) is 11.5 Å². The van der Waals surface area contributed by atoms with Crippen LogP contribution in [0.1, 0.15) is 67.2 Å². The van der Waals surface area contributed by atoms with Crippen molar-refractivity contribution in [1.82, 2.24) is 0 Å². The molecule has 0 aliphatic carbocycles. The molecule has 0 amide bonds. The Morgan fingerprint density at radius 1 is 0.722 bits per heavy atom. The zero-order valence-electron chi connectivity index (χ0n) is 13.7. The predicted octanol–water partition coefficient (Wildman–Crippen LogP) is 4.18. The van der Waals surface area contributed by atoms with E-state index in [-0.39, 0.29) is 0 Å². The summed E-state index contributed by atoms with van der Waals surface area (Å²) in [7, 11) is 0. The van der Waals surface area contributed by atoms with Crippen LogP contribution in [0.5, 0.6) is 0 Å². The zero-order valence-corrected chi connectivity index (χ0v) is 13.7. The van der Waals surface area contributed by atoms with Gasteiger partial charge in [-0.3, -0.25) is 0 Å². The lowest BCUT2D eigenvalue weighted by Gasteiger charge is -2.30. The molecule has 0 rings (SSSR count). The number of rotatable bonds is 8. The van der Waals surface area contributed by atoms with Crippen LogP contribution in [0.2, 0.25) is 17.5 Å². The van der Waals surface area contributed by atoms with Crippen molar-refractivity contribution < 1.29 is 0 Å². The quantitative estimate of drug-likeness (QED) is 0.640. The second-order valence-corrected chi connectivity index (χ2v) is 5.66. The molecule has 0 saturated heterocycles. The molecular weight excluding hydrogens is 219 g/mol. The zero-order chi connectivity index (χ0) is 14.6. The summed E-state index contributed by atoms with van der Waals surface area (Å²) < 4.78 is 0. The Balaban J connectivity index is 0. The fraction of sp³-hybridized carbons (Fsp3) is 1.00. The van der Waals surface area contributed by atoms with Crippen LogP contribution in [0.25, 0.3) is 0 Å². The van der Waals surface area contributed by atoms with Gasteiger partial charge in [-0.15, -0.1) is 0 Å². The molecule has 0 heterocycles. The predicted molar refractivity (Wildman–Crippen MR) is 87.6 cm³/mol. The fourth-order valence-corrected chi connectivity index (χ4v) is 2.62. The number of hydrogen-bond acceptors (Lipinski definition) is 2. The third-order valence-electron chi connectivity index (χ3n) is 4.31. The first-order chi connectivity index (χ1) is 8.49. The van der Waals surface area contributed by atoms with Gasteiger partial charge in [0.15, 0.2) is 0 Å². The van der Waals surface area contributed by atoms with Gasteiger partial charge in [-0.05, 0) is 19.5 Å². The van der Waals surface area contributed by atoms with Crippen LogP contribution in [-0.2, 0) is 0 Å². The molecular formula is C15H37BN2. The Hall–Kier alpha value is -0.0151. The van der Waals surface area contributed by atoms with E-state index >= 15 is 0 Å². The first-order valence-electron chi connectivity index (χ1n) is 7.89. The van der Waals surface area contributed by atoms with Crippen molar-refractivity contribution in [2.24, 2.45) is 11.5 Å². The van der Waals surface area contributed by atoms with Crippen molar-refractivity contribution in [3.8, 4) is 0 Å². The van der Waals surface area contributed by atoms with E-state index in [9.17, 15) is 0 Å². The minimum Gasteiger partial charge on any atom is -0.330 e. The first kappa shape index (κ1) is 20.3. The molecule has 18 heavy (non-hydrogen) atoms. The highest BCUT2D eigenvalue weighted by molar-refractivity contribution is 6.63. The molecule has 2 nitrogen and oxygen atoms in total. The lowest BCUT2D eigenvalue weighted by atomic mass is 9.28. The highest BCUT2D eigenvalue weighted by Gasteiger charge is 2.29. The molecule has 4 N–H and O–H groups in total. The molecule has 0 spiro atoms. The molecule has 110 valence electrons. The van der Waals surface area contributed by atoms with Crippen LogP contribution in [0.3, 0.4) is 0 Å². The second-order valence-electron chi connectivity index (χ2n) is 5.66. The Morgan fingerprint density at radius 3 is 1.11 bits per heavy atom. The van der Waals surface area contributed by atoms with Gasteiger partial charge in [0.2, 0.25) is 0 Å². The highest BCUT2D eigenvalue weighted by Crippen LogP contribution is 2.35. The Bertz CT molecular complexity index is 139. The molecule has 3 atom stereocenters. The summed E-state index contributed by atoms with van der Waals surface area (Å²) in [6.45, 7) is 16.6. The van der Waals surface area contributed by atoms with Crippen LogP contribution in [-0.4, -0.2) is 19.8 Å². The van der Waals surface area contributed by atoms with E-state index in [0.717, 1.165) is 43.7 Å². The molecule has 0 aromatic heterocycles. The lowest BCUT2D eigenvalue weighted by molar-refractivity contribution is 0.720. The van der Waals surface area contributed by atoms with Crippen LogP contribution >= 0.6 is 0 Å². The fourth-order valence-electron chi connectivity index (χ4n) is 2.62. The molecule has 0 aromatic rings. The van der Waals surface area contributed by atoms with Gasteiger partial charge in [-0.25, -0.2) is 0 Å². The Kier molecular flexibility index (Phi) is 15.1. The molecule has 0 saturated carbocycles. The van der Waals surface area contributed by atoms with Gasteiger partial charge in [0.05, 0.1) is 0 Å². The van der Waals surface area contributed by atoms with E-state index in [1.165, 1.54) is 19.3 Å². The first-order valence-corrected chi connectivity index (χ1v) is 7.89. The van der Waals surface area contributed by atoms with Gasteiger partial charge >= 0.3 is 0 Å². The van der Waals surface area contributed by atoms with Gasteiger partial charge in [0.1, 0.15) is 6.71 Å². The summed E-state index contributed by atoms with van der Waals surface area (Å²) >= 11 is 0. The third kappa shape index (κ3) is 8.99. The molecule has 0 bridgehead atoms. The second kappa shape index (κ2) is 13.4. The Labute approximate surface area is 116 Å². The maximum atomic E-state index is 5.06. The SMILES string of the molecule is CCC(C)B(C(C)CC)C(C)CC.NCCCN. The van der Waals surface area contributed by atoms with Crippen LogP contribution in [0, 0.1) is 0 Å². The van der Waals surface area contributed by atoms with E-state index in [1.807, 2.05) is 0 Å². The van der Waals surface area contributed by atoms with Crippen molar-refractivity contribution in [2.45, 2.75) is 84.7 Å². The molecule has 0 fully saturated rings. The van der Waals surface area contributed by atoms with Crippen molar-refractivity contribution in [1.29, 1.82) is 0 Å². The minimum atomic E-state index is 0.719. The van der Waals surface area contributed by atoms with Gasteiger partial charge in [0, 0.05) is 0 Å². The monoisotopic (exact) mass is 256 g/mol. The van der Waals surface area contributed by atoms with Gasteiger partial charge in [-0.2, -0.15) is 0 Å². The average Bonchev–Trinajstić information content (AvgIpc) is 2.39. The van der Waals surface area contributed by atoms with E-state index < -0.39 is 0 Å². The molecule has 3 unspecified atom stereocenters. The summed E-state index contributed by atoms with van der Waals surface area (Å²) in [4.78, 5) is 0. The summed E-state index contributed by atoms with van der Waals surface area (Å²) in [6, 6.07) is 0. The highest BCUT2D eigenvalue weighted by atomic mass is 14.6. The van der Waals surface area contributed by atoms with Crippen molar-refractivity contribution >= 4 is 6.71 Å². The van der Waals surface area contributed by atoms with Crippen LogP contribution < -0.4 is 11.5 Å². The normalized spacial score (nSPS) is 15.3. The summed E-state index contributed by atoms with van der Waals surface area (Å²) in [5.41, 5.74) is 10.1. The van der Waals surface area contributed by atoms with Crippen molar-refractivity contribution in [3.63, 3.8) is 0 Å². The molecule has 0 aromatic carbocycles. The number of hydrogen-bond donors (Lipinski definition) is 2. The molecule has 0 aliphatic heterocycles. The maximum Gasteiger partial charge on any atom is 0.148 e. The smallest absolute Gasteiger partial charge is 0.148 e. The largest absolute Gasteiger partial charge is 0.330 e. The molecule has 3 heteroatoms. The van der Waals surface area contributed by atoms with E-state index in [1.54, 1.807) is 0 Å². The third-order valence-corrected chi connectivity index (χ3v) is 4.31. The Morgan fingerprint density at radius 2 is 1.00 bits per heavy atom. The topological polar surface area (TPSA) is 52.0 Å². The van der Waals surface area contributed by atoms with Gasteiger partial charge in [0.25, 0.3) is 0 Å². The van der Waals surface area contributed by atoms with Gasteiger partial charge < -0.3 is 11.5 Å². The summed E-state index contributed by atoms with van der Waals surface area (Å²) in [6.07, 6.45) is 4.94. The van der Waals surface area contributed by atoms with E-state index in [2.05, 4.69) is 41.5 Å².